The molecule has 18 heavy (non-hydrogen) atoms. The lowest BCUT2D eigenvalue weighted by Crippen LogP contribution is -2.27. The van der Waals surface area contributed by atoms with Crippen molar-refractivity contribution in [2.45, 2.75) is 59.2 Å². The van der Waals surface area contributed by atoms with E-state index in [0.717, 1.165) is 25.9 Å². The Labute approximate surface area is 111 Å². The Morgan fingerprint density at radius 2 is 2.11 bits per heavy atom. The molecule has 0 aliphatic rings. The minimum atomic E-state index is 0.248. The fraction of sp³-hybridized carbons (Fsp3) is 0.786. The number of aryl methyl sites for hydroxylation is 1. The van der Waals surface area contributed by atoms with Crippen LogP contribution < -0.4 is 5.32 Å². The zero-order valence-electron chi connectivity index (χ0n) is 12.1. The summed E-state index contributed by atoms with van der Waals surface area (Å²) >= 11 is 0. The first-order chi connectivity index (χ1) is 8.67. The molecule has 1 N–H and O–H groups in total. The lowest BCUT2D eigenvalue weighted by Gasteiger charge is -2.18. The lowest BCUT2D eigenvalue weighted by molar-refractivity contribution is 0.0611. The molecule has 4 heteroatoms. The second kappa shape index (κ2) is 8.27. The van der Waals surface area contributed by atoms with Gasteiger partial charge >= 0.3 is 0 Å². The molecule has 0 amide bonds. The molecule has 0 bridgehead atoms. The van der Waals surface area contributed by atoms with Crippen LogP contribution in [0.25, 0.3) is 0 Å². The normalized spacial score (nSPS) is 13.2. The molecule has 4 nitrogen and oxygen atoms in total. The summed E-state index contributed by atoms with van der Waals surface area (Å²) in [6.45, 7) is 11.2. The minimum Gasteiger partial charge on any atom is -0.377 e. The highest BCUT2D eigenvalue weighted by atomic mass is 16.5. The Kier molecular flexibility index (Phi) is 6.98. The Bertz CT molecular complexity index is 323. The maximum absolute atomic E-state index is 5.73. The first-order valence-corrected chi connectivity index (χ1v) is 7.04. The first-order valence-electron chi connectivity index (χ1n) is 7.04. The van der Waals surface area contributed by atoms with Gasteiger partial charge in [-0.25, -0.2) is 0 Å². The minimum absolute atomic E-state index is 0.248. The zero-order valence-corrected chi connectivity index (χ0v) is 12.1. The van der Waals surface area contributed by atoms with Gasteiger partial charge in [-0.15, -0.1) is 0 Å². The van der Waals surface area contributed by atoms with Gasteiger partial charge in [-0.05, 0) is 33.2 Å². The third-order valence-electron chi connectivity index (χ3n) is 2.75. The van der Waals surface area contributed by atoms with Gasteiger partial charge in [-0.3, -0.25) is 4.68 Å². The summed E-state index contributed by atoms with van der Waals surface area (Å²) in [5.41, 5.74) is 1.22. The molecule has 0 aliphatic carbocycles. The summed E-state index contributed by atoms with van der Waals surface area (Å²) in [5, 5.41) is 7.90. The number of aromatic nitrogens is 2. The Morgan fingerprint density at radius 1 is 1.33 bits per heavy atom. The predicted octanol–water partition coefficient (Wildman–Crippen LogP) is 2.76. The van der Waals surface area contributed by atoms with Crippen LogP contribution in [0, 0.1) is 0 Å². The van der Waals surface area contributed by atoms with Crippen LogP contribution in [0.5, 0.6) is 0 Å². The van der Waals surface area contributed by atoms with Gasteiger partial charge in [-0.1, -0.05) is 13.8 Å². The molecule has 0 spiro atoms. The average molecular weight is 253 g/mol. The number of hydrogen-bond donors (Lipinski definition) is 1. The lowest BCUT2D eigenvalue weighted by atomic mass is 10.1. The molecule has 1 rings (SSSR count). The van der Waals surface area contributed by atoms with E-state index in [0.29, 0.717) is 6.61 Å². The SMILES string of the molecule is CCCNC(COC(C)C)c1cnn(CCC)c1. The van der Waals surface area contributed by atoms with E-state index in [4.69, 9.17) is 4.74 Å². The first kappa shape index (κ1) is 15.2. The molecule has 0 fully saturated rings. The summed E-state index contributed by atoms with van der Waals surface area (Å²) in [7, 11) is 0. The highest BCUT2D eigenvalue weighted by Gasteiger charge is 2.13. The van der Waals surface area contributed by atoms with Gasteiger partial charge in [-0.2, -0.15) is 5.10 Å². The fourth-order valence-electron chi connectivity index (χ4n) is 1.79. The summed E-state index contributed by atoms with van der Waals surface area (Å²) in [4.78, 5) is 0. The van der Waals surface area contributed by atoms with Crippen molar-refractivity contribution in [2.24, 2.45) is 0 Å². The van der Waals surface area contributed by atoms with Crippen LogP contribution in [0.15, 0.2) is 12.4 Å². The second-order valence-electron chi connectivity index (χ2n) is 4.93. The van der Waals surface area contributed by atoms with E-state index in [1.807, 2.05) is 10.9 Å². The Morgan fingerprint density at radius 3 is 2.72 bits per heavy atom. The molecular formula is C14H27N3O. The van der Waals surface area contributed by atoms with Crippen molar-refractivity contribution in [1.82, 2.24) is 15.1 Å². The molecule has 0 saturated heterocycles. The van der Waals surface area contributed by atoms with E-state index in [1.54, 1.807) is 0 Å². The molecule has 0 saturated carbocycles. The monoisotopic (exact) mass is 253 g/mol. The number of hydrogen-bond acceptors (Lipinski definition) is 3. The van der Waals surface area contributed by atoms with Crippen LogP contribution >= 0.6 is 0 Å². The van der Waals surface area contributed by atoms with Crippen molar-refractivity contribution in [3.05, 3.63) is 18.0 Å². The molecule has 104 valence electrons. The molecule has 0 aliphatic heterocycles. The highest BCUT2D eigenvalue weighted by Crippen LogP contribution is 2.13. The molecule has 1 atom stereocenters. The van der Waals surface area contributed by atoms with Gasteiger partial charge < -0.3 is 10.1 Å². The van der Waals surface area contributed by atoms with E-state index in [1.165, 1.54) is 5.56 Å². The summed E-state index contributed by atoms with van der Waals surface area (Å²) in [5.74, 6) is 0. The number of ether oxygens (including phenoxy) is 1. The highest BCUT2D eigenvalue weighted by molar-refractivity contribution is 5.10. The zero-order chi connectivity index (χ0) is 13.4. The molecule has 0 aromatic carbocycles. The van der Waals surface area contributed by atoms with Gasteiger partial charge in [0.05, 0.1) is 24.9 Å². The molecule has 1 aromatic rings. The van der Waals surface area contributed by atoms with Gasteiger partial charge in [0.25, 0.3) is 0 Å². The van der Waals surface area contributed by atoms with E-state index in [2.05, 4.69) is 44.3 Å². The van der Waals surface area contributed by atoms with Crippen LogP contribution in [0.2, 0.25) is 0 Å². The van der Waals surface area contributed by atoms with Crippen molar-refractivity contribution in [3.8, 4) is 0 Å². The van der Waals surface area contributed by atoms with Crippen molar-refractivity contribution in [2.75, 3.05) is 13.2 Å². The smallest absolute Gasteiger partial charge is 0.0666 e. The third-order valence-corrected chi connectivity index (χ3v) is 2.75. The van der Waals surface area contributed by atoms with Crippen LogP contribution in [0.4, 0.5) is 0 Å². The topological polar surface area (TPSA) is 39.1 Å². The van der Waals surface area contributed by atoms with Crippen LogP contribution in [0.1, 0.15) is 52.1 Å². The summed E-state index contributed by atoms with van der Waals surface area (Å²) in [6, 6.07) is 0.248. The van der Waals surface area contributed by atoms with Crippen molar-refractivity contribution < 1.29 is 4.74 Å². The van der Waals surface area contributed by atoms with Crippen LogP contribution in [-0.4, -0.2) is 29.0 Å². The quantitative estimate of drug-likeness (QED) is 0.735. The number of nitrogens with one attached hydrogen (secondary N) is 1. The van der Waals surface area contributed by atoms with Gasteiger partial charge in [0.15, 0.2) is 0 Å². The van der Waals surface area contributed by atoms with Crippen molar-refractivity contribution in [1.29, 1.82) is 0 Å². The van der Waals surface area contributed by atoms with Crippen LogP contribution in [0.3, 0.4) is 0 Å². The van der Waals surface area contributed by atoms with Crippen LogP contribution in [-0.2, 0) is 11.3 Å². The number of rotatable bonds is 9. The second-order valence-corrected chi connectivity index (χ2v) is 4.93. The molecule has 1 aromatic heterocycles. The molecule has 0 radical (unpaired) electrons. The van der Waals surface area contributed by atoms with Gasteiger partial charge in [0.1, 0.15) is 0 Å². The third kappa shape index (κ3) is 5.19. The van der Waals surface area contributed by atoms with E-state index in [-0.39, 0.29) is 12.1 Å². The fourth-order valence-corrected chi connectivity index (χ4v) is 1.79. The van der Waals surface area contributed by atoms with Crippen molar-refractivity contribution >= 4 is 0 Å². The standard InChI is InChI=1S/C14H27N3O/c1-5-7-15-14(11-18-12(3)4)13-9-16-17(10-13)8-6-2/h9-10,12,14-15H,5-8,11H2,1-4H3. The Balaban J connectivity index is 2.60. The number of nitrogens with zero attached hydrogens (tertiary/aromatic N) is 2. The van der Waals surface area contributed by atoms with E-state index in [9.17, 15) is 0 Å². The van der Waals surface area contributed by atoms with E-state index >= 15 is 0 Å². The average Bonchev–Trinajstić information content (AvgIpc) is 2.78. The molecular weight excluding hydrogens is 226 g/mol. The van der Waals surface area contributed by atoms with Gasteiger partial charge in [0.2, 0.25) is 0 Å². The van der Waals surface area contributed by atoms with E-state index < -0.39 is 0 Å². The summed E-state index contributed by atoms with van der Waals surface area (Å²) < 4.78 is 7.73. The maximum Gasteiger partial charge on any atom is 0.0666 e. The maximum atomic E-state index is 5.73. The largest absolute Gasteiger partial charge is 0.377 e. The molecule has 1 heterocycles. The van der Waals surface area contributed by atoms with Gasteiger partial charge in [0, 0.05) is 18.3 Å². The summed E-state index contributed by atoms with van der Waals surface area (Å²) in [6.07, 6.45) is 6.58. The molecule has 1 unspecified atom stereocenters. The Hall–Kier alpha value is -0.870. The van der Waals surface area contributed by atoms with Crippen molar-refractivity contribution in [3.63, 3.8) is 0 Å². The predicted molar refractivity (Wildman–Crippen MR) is 74.6 cm³/mol.